The van der Waals surface area contributed by atoms with E-state index < -0.39 is 0 Å². The molecule has 3 nitrogen and oxygen atoms in total. The summed E-state index contributed by atoms with van der Waals surface area (Å²) in [7, 11) is 6.17. The highest BCUT2D eigenvalue weighted by Gasteiger charge is 2.53. The molecule has 17 heavy (non-hydrogen) atoms. The van der Waals surface area contributed by atoms with Crippen LogP contribution in [0.2, 0.25) is 0 Å². The first-order valence-electron chi connectivity index (χ1n) is 6.20. The molecule has 2 atom stereocenters. The van der Waals surface area contributed by atoms with Gasteiger partial charge in [0.25, 0.3) is 0 Å². The molecule has 0 aliphatic carbocycles. The van der Waals surface area contributed by atoms with Gasteiger partial charge < -0.3 is 9.64 Å². The van der Waals surface area contributed by atoms with Crippen molar-refractivity contribution in [1.82, 2.24) is 4.90 Å². The van der Waals surface area contributed by atoms with E-state index in [1.807, 2.05) is 0 Å². The normalized spacial score (nSPS) is 31.5. The lowest BCUT2D eigenvalue weighted by molar-refractivity contribution is 0.265. The molecule has 1 aromatic rings. The van der Waals surface area contributed by atoms with E-state index >= 15 is 0 Å². The summed E-state index contributed by atoms with van der Waals surface area (Å²) in [5.74, 6) is 1.04. The third kappa shape index (κ3) is 1.20. The van der Waals surface area contributed by atoms with Gasteiger partial charge >= 0.3 is 0 Å². The standard InChI is InChI=1S/C14H20N2O/c1-14-8-9-15(2)13(14)16(3)10-6-5-7-11(17-4)12(10)14/h5-7,13H,8-9H2,1-4H3. The maximum absolute atomic E-state index is 5.57. The number of benzene rings is 1. The van der Waals surface area contributed by atoms with Gasteiger partial charge in [-0.1, -0.05) is 13.0 Å². The highest BCUT2D eigenvalue weighted by atomic mass is 16.5. The second-order valence-corrected chi connectivity index (χ2v) is 5.49. The number of likely N-dealkylation sites (tertiary alicyclic amines) is 1. The van der Waals surface area contributed by atoms with E-state index in [1.165, 1.54) is 17.7 Å². The molecule has 2 heterocycles. The zero-order chi connectivity index (χ0) is 12.2. The first kappa shape index (κ1) is 10.9. The number of nitrogens with zero attached hydrogens (tertiary/aromatic N) is 2. The Bertz CT molecular complexity index is 460. The Morgan fingerprint density at radius 1 is 1.35 bits per heavy atom. The maximum atomic E-state index is 5.57. The van der Waals surface area contributed by atoms with Crippen LogP contribution < -0.4 is 9.64 Å². The minimum Gasteiger partial charge on any atom is -0.496 e. The molecule has 0 saturated carbocycles. The molecule has 2 aliphatic rings. The van der Waals surface area contributed by atoms with Crippen molar-refractivity contribution in [1.29, 1.82) is 0 Å². The van der Waals surface area contributed by atoms with Crippen molar-refractivity contribution in [3.8, 4) is 5.75 Å². The smallest absolute Gasteiger partial charge is 0.124 e. The zero-order valence-corrected chi connectivity index (χ0v) is 11.0. The predicted molar refractivity (Wildman–Crippen MR) is 69.8 cm³/mol. The van der Waals surface area contributed by atoms with Gasteiger partial charge in [-0.05, 0) is 25.6 Å². The molecule has 0 radical (unpaired) electrons. The van der Waals surface area contributed by atoms with Gasteiger partial charge in [-0.25, -0.2) is 0 Å². The average Bonchev–Trinajstić information content (AvgIpc) is 2.75. The van der Waals surface area contributed by atoms with Crippen LogP contribution in [0.3, 0.4) is 0 Å². The third-order valence-electron chi connectivity index (χ3n) is 4.51. The van der Waals surface area contributed by atoms with E-state index in [-0.39, 0.29) is 5.41 Å². The fourth-order valence-corrected chi connectivity index (χ4v) is 3.81. The van der Waals surface area contributed by atoms with E-state index in [0.717, 1.165) is 12.3 Å². The lowest BCUT2D eigenvalue weighted by atomic mass is 9.81. The SMILES string of the molecule is COc1cccc2c1C1(C)CCN(C)C1N2C. The van der Waals surface area contributed by atoms with Crippen LogP contribution in [0.15, 0.2) is 18.2 Å². The Kier molecular flexibility index (Phi) is 2.17. The van der Waals surface area contributed by atoms with Crippen LogP contribution in [0, 0.1) is 0 Å². The van der Waals surface area contributed by atoms with E-state index in [1.54, 1.807) is 7.11 Å². The Morgan fingerprint density at radius 2 is 2.12 bits per heavy atom. The number of rotatable bonds is 1. The lowest BCUT2D eigenvalue weighted by Gasteiger charge is -2.32. The average molecular weight is 232 g/mol. The molecule has 1 saturated heterocycles. The quantitative estimate of drug-likeness (QED) is 0.737. The summed E-state index contributed by atoms with van der Waals surface area (Å²) in [4.78, 5) is 4.84. The summed E-state index contributed by atoms with van der Waals surface area (Å²) in [5.41, 5.74) is 2.91. The lowest BCUT2D eigenvalue weighted by Crippen LogP contribution is -2.45. The summed E-state index contributed by atoms with van der Waals surface area (Å²) < 4.78 is 5.57. The van der Waals surface area contributed by atoms with Crippen LogP contribution in [0.4, 0.5) is 5.69 Å². The van der Waals surface area contributed by atoms with Gasteiger partial charge in [0.1, 0.15) is 5.75 Å². The Hall–Kier alpha value is -1.22. The number of hydrogen-bond donors (Lipinski definition) is 0. The summed E-state index contributed by atoms with van der Waals surface area (Å²) in [6, 6.07) is 6.37. The fraction of sp³-hybridized carbons (Fsp3) is 0.571. The van der Waals surface area contributed by atoms with Gasteiger partial charge in [-0.3, -0.25) is 4.90 Å². The minimum atomic E-state index is 0.200. The first-order valence-corrected chi connectivity index (χ1v) is 6.20. The summed E-state index contributed by atoms with van der Waals surface area (Å²) in [5, 5.41) is 0. The molecule has 0 bridgehead atoms. The van der Waals surface area contributed by atoms with Crippen molar-refractivity contribution in [2.24, 2.45) is 0 Å². The molecule has 3 heteroatoms. The molecular formula is C14H20N2O. The van der Waals surface area contributed by atoms with E-state index in [4.69, 9.17) is 4.74 Å². The van der Waals surface area contributed by atoms with Crippen LogP contribution in [-0.2, 0) is 5.41 Å². The number of likely N-dealkylation sites (N-methyl/N-ethyl adjacent to an activating group) is 2. The zero-order valence-electron chi connectivity index (χ0n) is 11.0. The summed E-state index contributed by atoms with van der Waals surface area (Å²) in [6.45, 7) is 3.52. The van der Waals surface area contributed by atoms with Crippen LogP contribution in [0.25, 0.3) is 0 Å². The maximum Gasteiger partial charge on any atom is 0.124 e. The highest BCUT2D eigenvalue weighted by Crippen LogP contribution is 2.54. The molecular weight excluding hydrogens is 212 g/mol. The largest absolute Gasteiger partial charge is 0.496 e. The topological polar surface area (TPSA) is 15.7 Å². The molecule has 1 fully saturated rings. The number of fused-ring (bicyclic) bond motifs is 3. The Labute approximate surface area is 103 Å². The molecule has 92 valence electrons. The molecule has 1 aromatic carbocycles. The molecule has 2 unspecified atom stereocenters. The minimum absolute atomic E-state index is 0.200. The van der Waals surface area contributed by atoms with Crippen LogP contribution in [-0.4, -0.2) is 38.8 Å². The van der Waals surface area contributed by atoms with E-state index in [9.17, 15) is 0 Å². The van der Waals surface area contributed by atoms with Gasteiger partial charge in [-0.15, -0.1) is 0 Å². The van der Waals surface area contributed by atoms with Crippen molar-refractivity contribution in [2.75, 3.05) is 32.6 Å². The second kappa shape index (κ2) is 3.39. The van der Waals surface area contributed by atoms with Crippen LogP contribution >= 0.6 is 0 Å². The molecule has 0 aromatic heterocycles. The van der Waals surface area contributed by atoms with Gasteiger partial charge in [0.15, 0.2) is 0 Å². The predicted octanol–water partition coefficient (Wildman–Crippen LogP) is 2.06. The molecule has 0 N–H and O–H groups in total. The number of anilines is 1. The summed E-state index contributed by atoms with van der Waals surface area (Å²) >= 11 is 0. The molecule has 3 rings (SSSR count). The van der Waals surface area contributed by atoms with E-state index in [2.05, 4.69) is 49.0 Å². The van der Waals surface area contributed by atoms with Gasteiger partial charge in [0.05, 0.1) is 13.3 Å². The van der Waals surface area contributed by atoms with Crippen LogP contribution in [0.1, 0.15) is 18.9 Å². The van der Waals surface area contributed by atoms with Crippen LogP contribution in [0.5, 0.6) is 5.75 Å². The van der Waals surface area contributed by atoms with Gasteiger partial charge in [0.2, 0.25) is 0 Å². The van der Waals surface area contributed by atoms with Crippen molar-refractivity contribution in [3.05, 3.63) is 23.8 Å². The number of methoxy groups -OCH3 is 1. The fourth-order valence-electron chi connectivity index (χ4n) is 3.81. The van der Waals surface area contributed by atoms with Crippen molar-refractivity contribution in [2.45, 2.75) is 24.9 Å². The number of hydrogen-bond acceptors (Lipinski definition) is 3. The summed E-state index contributed by atoms with van der Waals surface area (Å²) in [6.07, 6.45) is 1.67. The Balaban J connectivity index is 2.22. The van der Waals surface area contributed by atoms with E-state index in [0.29, 0.717) is 6.17 Å². The highest BCUT2D eigenvalue weighted by molar-refractivity contribution is 5.69. The van der Waals surface area contributed by atoms with Gasteiger partial charge in [0, 0.05) is 30.3 Å². The third-order valence-corrected chi connectivity index (χ3v) is 4.51. The van der Waals surface area contributed by atoms with Crippen molar-refractivity contribution >= 4 is 5.69 Å². The number of ether oxygens (including phenoxy) is 1. The van der Waals surface area contributed by atoms with Crippen molar-refractivity contribution < 1.29 is 4.74 Å². The Morgan fingerprint density at radius 3 is 2.82 bits per heavy atom. The molecule has 0 spiro atoms. The monoisotopic (exact) mass is 232 g/mol. The van der Waals surface area contributed by atoms with Crippen molar-refractivity contribution in [3.63, 3.8) is 0 Å². The first-order chi connectivity index (χ1) is 8.09. The van der Waals surface area contributed by atoms with Gasteiger partial charge in [-0.2, -0.15) is 0 Å². The molecule has 0 amide bonds. The molecule has 2 aliphatic heterocycles. The second-order valence-electron chi connectivity index (χ2n) is 5.49.